The van der Waals surface area contributed by atoms with E-state index in [0.717, 1.165) is 23.5 Å². The lowest BCUT2D eigenvalue weighted by atomic mass is 10.1. The fraction of sp³-hybridized carbons (Fsp3) is 0.308. The van der Waals surface area contributed by atoms with Crippen LogP contribution in [0.25, 0.3) is 0 Å². The lowest BCUT2D eigenvalue weighted by Gasteiger charge is -2.11. The Morgan fingerprint density at radius 2 is 2.18 bits per heavy atom. The van der Waals surface area contributed by atoms with E-state index in [1.807, 2.05) is 44.4 Å². The van der Waals surface area contributed by atoms with Gasteiger partial charge in [0.1, 0.15) is 5.75 Å². The predicted molar refractivity (Wildman–Crippen MR) is 67.1 cm³/mol. The van der Waals surface area contributed by atoms with Crippen LogP contribution in [0.15, 0.2) is 36.7 Å². The van der Waals surface area contributed by atoms with Crippen molar-refractivity contribution in [2.45, 2.75) is 19.4 Å². The minimum Gasteiger partial charge on any atom is -0.454 e. The molecule has 1 atom stereocenters. The number of para-hydroxylation sites is 1. The minimum absolute atomic E-state index is 0.119. The Morgan fingerprint density at radius 1 is 1.41 bits per heavy atom. The second-order valence-electron chi connectivity index (χ2n) is 4.24. The zero-order valence-electron chi connectivity index (χ0n) is 10.1. The third-order valence-electron chi connectivity index (χ3n) is 2.42. The molecule has 0 aliphatic carbocycles. The molecule has 4 nitrogen and oxygen atoms in total. The lowest BCUT2D eigenvalue weighted by Crippen LogP contribution is -2.18. The fourth-order valence-electron chi connectivity index (χ4n) is 1.70. The molecule has 0 aliphatic heterocycles. The molecule has 0 saturated carbocycles. The van der Waals surface area contributed by atoms with Gasteiger partial charge in [-0.15, -0.1) is 0 Å². The van der Waals surface area contributed by atoms with E-state index >= 15 is 0 Å². The monoisotopic (exact) mass is 231 g/mol. The zero-order chi connectivity index (χ0) is 12.3. The number of benzene rings is 1. The molecule has 4 heteroatoms. The molecule has 0 radical (unpaired) electrons. The minimum atomic E-state index is 0.119. The van der Waals surface area contributed by atoms with Gasteiger partial charge in [-0.25, -0.2) is 0 Å². The zero-order valence-corrected chi connectivity index (χ0v) is 10.1. The van der Waals surface area contributed by atoms with Gasteiger partial charge < -0.3 is 10.5 Å². The van der Waals surface area contributed by atoms with Gasteiger partial charge in [0.15, 0.2) is 5.75 Å². The van der Waals surface area contributed by atoms with E-state index in [2.05, 4.69) is 5.10 Å². The molecule has 0 fully saturated rings. The highest BCUT2D eigenvalue weighted by Gasteiger charge is 2.07. The Balaban J connectivity index is 2.20. The molecular weight excluding hydrogens is 214 g/mol. The largest absolute Gasteiger partial charge is 0.454 e. The molecule has 2 aromatic rings. The van der Waals surface area contributed by atoms with Crippen molar-refractivity contribution in [2.24, 2.45) is 12.8 Å². The molecule has 1 unspecified atom stereocenters. The standard InChI is InChI=1S/C13H17N3O/c1-10(14)7-11-5-3-4-6-13(11)17-12-8-15-16(2)9-12/h3-6,8-10H,7,14H2,1-2H3. The van der Waals surface area contributed by atoms with Crippen molar-refractivity contribution in [1.82, 2.24) is 9.78 Å². The van der Waals surface area contributed by atoms with Crippen molar-refractivity contribution in [3.8, 4) is 11.5 Å². The van der Waals surface area contributed by atoms with Crippen molar-refractivity contribution >= 4 is 0 Å². The van der Waals surface area contributed by atoms with Crippen LogP contribution in [0.5, 0.6) is 11.5 Å². The van der Waals surface area contributed by atoms with Gasteiger partial charge in [0, 0.05) is 13.1 Å². The first-order valence-electron chi connectivity index (χ1n) is 5.65. The van der Waals surface area contributed by atoms with Crippen molar-refractivity contribution < 1.29 is 4.74 Å². The molecule has 0 bridgehead atoms. The highest BCUT2D eigenvalue weighted by Crippen LogP contribution is 2.25. The van der Waals surface area contributed by atoms with Crippen molar-refractivity contribution in [2.75, 3.05) is 0 Å². The molecule has 0 amide bonds. The molecule has 0 saturated heterocycles. The van der Waals surface area contributed by atoms with Crippen molar-refractivity contribution in [3.05, 3.63) is 42.2 Å². The molecule has 17 heavy (non-hydrogen) atoms. The first-order chi connectivity index (χ1) is 8.15. The van der Waals surface area contributed by atoms with E-state index < -0.39 is 0 Å². The number of hydrogen-bond donors (Lipinski definition) is 1. The fourth-order valence-corrected chi connectivity index (χ4v) is 1.70. The third-order valence-corrected chi connectivity index (χ3v) is 2.42. The summed E-state index contributed by atoms with van der Waals surface area (Å²) in [6.07, 6.45) is 4.34. The van der Waals surface area contributed by atoms with Crippen LogP contribution in [0.1, 0.15) is 12.5 Å². The molecule has 90 valence electrons. The number of nitrogens with two attached hydrogens (primary N) is 1. The summed E-state index contributed by atoms with van der Waals surface area (Å²) >= 11 is 0. The highest BCUT2D eigenvalue weighted by atomic mass is 16.5. The van der Waals surface area contributed by atoms with Crippen molar-refractivity contribution in [1.29, 1.82) is 0 Å². The molecule has 1 aromatic heterocycles. The average molecular weight is 231 g/mol. The Kier molecular flexibility index (Phi) is 3.44. The van der Waals surface area contributed by atoms with Gasteiger partial charge in [-0.05, 0) is 25.0 Å². The lowest BCUT2D eigenvalue weighted by molar-refractivity contribution is 0.473. The average Bonchev–Trinajstić information content (AvgIpc) is 2.66. The van der Waals surface area contributed by atoms with Gasteiger partial charge >= 0.3 is 0 Å². The summed E-state index contributed by atoms with van der Waals surface area (Å²) in [5.74, 6) is 1.59. The summed E-state index contributed by atoms with van der Waals surface area (Å²) in [5.41, 5.74) is 6.94. The quantitative estimate of drug-likeness (QED) is 0.876. The summed E-state index contributed by atoms with van der Waals surface area (Å²) < 4.78 is 7.50. The number of aromatic nitrogens is 2. The van der Waals surface area contributed by atoms with E-state index in [0.29, 0.717) is 0 Å². The Labute approximate surface area is 101 Å². The maximum absolute atomic E-state index is 5.82. The van der Waals surface area contributed by atoms with Gasteiger partial charge in [-0.1, -0.05) is 18.2 Å². The Bertz CT molecular complexity index is 491. The number of aryl methyl sites for hydroxylation is 1. The third kappa shape index (κ3) is 3.07. The summed E-state index contributed by atoms with van der Waals surface area (Å²) in [7, 11) is 1.86. The summed E-state index contributed by atoms with van der Waals surface area (Å²) in [6.45, 7) is 1.99. The van der Waals surface area contributed by atoms with Gasteiger partial charge in [-0.2, -0.15) is 5.10 Å². The second-order valence-corrected chi connectivity index (χ2v) is 4.24. The van der Waals surface area contributed by atoms with Crippen LogP contribution in [0, 0.1) is 0 Å². The van der Waals surface area contributed by atoms with Crippen LogP contribution in [-0.4, -0.2) is 15.8 Å². The predicted octanol–water partition coefficient (Wildman–Crippen LogP) is 2.10. The van der Waals surface area contributed by atoms with Crippen LogP contribution in [0.2, 0.25) is 0 Å². The molecule has 2 N–H and O–H groups in total. The van der Waals surface area contributed by atoms with Crippen LogP contribution < -0.4 is 10.5 Å². The van der Waals surface area contributed by atoms with Crippen LogP contribution in [0.3, 0.4) is 0 Å². The number of hydrogen-bond acceptors (Lipinski definition) is 3. The van der Waals surface area contributed by atoms with Gasteiger partial charge in [0.2, 0.25) is 0 Å². The maximum Gasteiger partial charge on any atom is 0.165 e. The van der Waals surface area contributed by atoms with E-state index in [4.69, 9.17) is 10.5 Å². The van der Waals surface area contributed by atoms with E-state index in [1.165, 1.54) is 0 Å². The molecule has 2 rings (SSSR count). The smallest absolute Gasteiger partial charge is 0.165 e. The van der Waals surface area contributed by atoms with E-state index in [9.17, 15) is 0 Å². The highest BCUT2D eigenvalue weighted by molar-refractivity contribution is 5.37. The summed E-state index contributed by atoms with van der Waals surface area (Å²) in [6, 6.07) is 8.05. The number of ether oxygens (including phenoxy) is 1. The molecular formula is C13H17N3O. The SMILES string of the molecule is CC(N)Cc1ccccc1Oc1cnn(C)c1. The molecule has 0 spiro atoms. The van der Waals surface area contributed by atoms with Gasteiger partial charge in [-0.3, -0.25) is 4.68 Å². The van der Waals surface area contributed by atoms with Gasteiger partial charge in [0.25, 0.3) is 0 Å². The van der Waals surface area contributed by atoms with E-state index in [1.54, 1.807) is 10.9 Å². The van der Waals surface area contributed by atoms with Gasteiger partial charge in [0.05, 0.1) is 12.4 Å². The first-order valence-corrected chi connectivity index (χ1v) is 5.65. The summed E-state index contributed by atoms with van der Waals surface area (Å²) in [5, 5.41) is 4.07. The van der Waals surface area contributed by atoms with Crippen LogP contribution in [-0.2, 0) is 13.5 Å². The maximum atomic E-state index is 5.82. The van der Waals surface area contributed by atoms with Crippen LogP contribution in [0.4, 0.5) is 0 Å². The molecule has 0 aliphatic rings. The topological polar surface area (TPSA) is 53.1 Å². The second kappa shape index (κ2) is 5.01. The number of rotatable bonds is 4. The normalized spacial score (nSPS) is 12.4. The summed E-state index contributed by atoms with van der Waals surface area (Å²) in [4.78, 5) is 0. The van der Waals surface area contributed by atoms with Crippen LogP contribution >= 0.6 is 0 Å². The number of nitrogens with zero attached hydrogens (tertiary/aromatic N) is 2. The molecule has 1 heterocycles. The van der Waals surface area contributed by atoms with E-state index in [-0.39, 0.29) is 6.04 Å². The Morgan fingerprint density at radius 3 is 2.82 bits per heavy atom. The molecule has 1 aromatic carbocycles. The Hall–Kier alpha value is -1.81. The first kappa shape index (κ1) is 11.7. The van der Waals surface area contributed by atoms with Crippen molar-refractivity contribution in [3.63, 3.8) is 0 Å².